The average Bonchev–Trinajstić information content (AvgIpc) is 2.74. The number of hydrogen-bond acceptors (Lipinski definition) is 4. The van der Waals surface area contributed by atoms with Crippen LogP contribution < -0.4 is 4.74 Å². The smallest absolute Gasteiger partial charge is 0.312 e. The van der Waals surface area contributed by atoms with Crippen LogP contribution in [0, 0.1) is 5.92 Å². The summed E-state index contributed by atoms with van der Waals surface area (Å²) >= 11 is 0. The fourth-order valence-electron chi connectivity index (χ4n) is 2.42. The first-order valence-electron chi connectivity index (χ1n) is 6.60. The number of benzene rings is 2. The molecular formula is C17H12O4. The number of para-hydroxylation sites is 1. The summed E-state index contributed by atoms with van der Waals surface area (Å²) in [6.45, 7) is 0. The van der Waals surface area contributed by atoms with Crippen molar-refractivity contribution in [2.24, 2.45) is 5.92 Å². The van der Waals surface area contributed by atoms with Gasteiger partial charge in [0.2, 0.25) is 0 Å². The number of Topliss-reactive ketones (excluding diaryl/α,β-unsaturated/α-hetero) is 2. The van der Waals surface area contributed by atoms with Gasteiger partial charge in [0, 0.05) is 11.1 Å². The number of ether oxygens (including phenoxy) is 1. The van der Waals surface area contributed by atoms with Gasteiger partial charge in [0.15, 0.2) is 11.6 Å². The van der Waals surface area contributed by atoms with Crippen LogP contribution >= 0.6 is 0 Å². The number of ketones is 2. The summed E-state index contributed by atoms with van der Waals surface area (Å²) in [5, 5.41) is 0. The zero-order chi connectivity index (χ0) is 14.8. The zero-order valence-electron chi connectivity index (χ0n) is 11.1. The van der Waals surface area contributed by atoms with E-state index in [0.717, 1.165) is 0 Å². The Bertz CT molecular complexity index is 684. The van der Waals surface area contributed by atoms with Crippen LogP contribution in [-0.4, -0.2) is 17.5 Å². The van der Waals surface area contributed by atoms with Gasteiger partial charge in [-0.1, -0.05) is 42.5 Å². The maximum absolute atomic E-state index is 12.2. The molecule has 0 heterocycles. The van der Waals surface area contributed by atoms with Crippen molar-refractivity contribution in [1.29, 1.82) is 0 Å². The Morgan fingerprint density at radius 2 is 1.38 bits per heavy atom. The van der Waals surface area contributed by atoms with Crippen molar-refractivity contribution in [3.05, 3.63) is 65.7 Å². The molecule has 0 saturated carbocycles. The van der Waals surface area contributed by atoms with E-state index in [1.165, 1.54) is 0 Å². The molecule has 0 N–H and O–H groups in total. The molecule has 1 aliphatic rings. The second-order valence-corrected chi connectivity index (χ2v) is 4.82. The highest BCUT2D eigenvalue weighted by molar-refractivity contribution is 6.27. The SMILES string of the molecule is O=C(CC1C(=O)c2ccccc2C1=O)Oc1ccccc1. The normalized spacial score (nSPS) is 14.1. The minimum atomic E-state index is -0.960. The van der Waals surface area contributed by atoms with Crippen LogP contribution in [0.5, 0.6) is 5.75 Å². The molecule has 104 valence electrons. The summed E-state index contributed by atoms with van der Waals surface area (Å²) in [5.74, 6) is -1.75. The molecule has 0 aliphatic heterocycles. The van der Waals surface area contributed by atoms with Gasteiger partial charge in [-0.25, -0.2) is 0 Å². The second kappa shape index (κ2) is 5.32. The predicted octanol–water partition coefficient (Wildman–Crippen LogP) is 2.68. The van der Waals surface area contributed by atoms with Crippen molar-refractivity contribution in [2.75, 3.05) is 0 Å². The van der Waals surface area contributed by atoms with Crippen LogP contribution in [0.25, 0.3) is 0 Å². The first-order chi connectivity index (χ1) is 10.2. The lowest BCUT2D eigenvalue weighted by atomic mass is 10.0. The Labute approximate surface area is 121 Å². The standard InChI is InChI=1S/C17H12O4/c18-15(21-11-6-2-1-3-7-11)10-14-16(19)12-8-4-5-9-13(12)17(14)20/h1-9,14H,10H2. The third-order valence-electron chi connectivity index (χ3n) is 3.44. The van der Waals surface area contributed by atoms with Gasteiger partial charge < -0.3 is 4.74 Å². The lowest BCUT2D eigenvalue weighted by Crippen LogP contribution is -2.22. The molecule has 0 saturated heterocycles. The summed E-state index contributed by atoms with van der Waals surface area (Å²) in [6.07, 6.45) is -0.235. The Hall–Kier alpha value is -2.75. The van der Waals surface area contributed by atoms with Gasteiger partial charge in [-0.2, -0.15) is 0 Å². The minimum Gasteiger partial charge on any atom is -0.427 e. The lowest BCUT2D eigenvalue weighted by molar-refractivity contribution is -0.134. The summed E-state index contributed by atoms with van der Waals surface area (Å²) in [6, 6.07) is 15.2. The molecule has 0 fully saturated rings. The van der Waals surface area contributed by atoms with Gasteiger partial charge in [-0.3, -0.25) is 14.4 Å². The van der Waals surface area contributed by atoms with Crippen LogP contribution in [0.2, 0.25) is 0 Å². The molecule has 4 heteroatoms. The van der Waals surface area contributed by atoms with E-state index in [-0.39, 0.29) is 18.0 Å². The number of carbonyl (C=O) groups excluding carboxylic acids is 3. The van der Waals surface area contributed by atoms with Gasteiger partial charge >= 0.3 is 5.97 Å². The molecule has 0 spiro atoms. The molecule has 0 bridgehead atoms. The summed E-state index contributed by atoms with van der Waals surface area (Å²) in [5.41, 5.74) is 0.778. The van der Waals surface area contributed by atoms with E-state index in [2.05, 4.69) is 0 Å². The molecule has 0 unspecified atom stereocenters. The fraction of sp³-hybridized carbons (Fsp3) is 0.118. The van der Waals surface area contributed by atoms with Crippen LogP contribution in [0.4, 0.5) is 0 Å². The molecule has 0 radical (unpaired) electrons. The number of esters is 1. The predicted molar refractivity (Wildman–Crippen MR) is 75.3 cm³/mol. The molecule has 4 nitrogen and oxygen atoms in total. The van der Waals surface area contributed by atoms with Crippen LogP contribution in [-0.2, 0) is 4.79 Å². The quantitative estimate of drug-likeness (QED) is 0.492. The topological polar surface area (TPSA) is 60.4 Å². The van der Waals surface area contributed by atoms with Crippen molar-refractivity contribution >= 4 is 17.5 Å². The second-order valence-electron chi connectivity index (χ2n) is 4.82. The number of rotatable bonds is 3. The summed E-state index contributed by atoms with van der Waals surface area (Å²) in [4.78, 5) is 36.2. The van der Waals surface area contributed by atoms with E-state index >= 15 is 0 Å². The minimum absolute atomic E-state index is 0.235. The lowest BCUT2D eigenvalue weighted by Gasteiger charge is -2.07. The maximum Gasteiger partial charge on any atom is 0.312 e. The Morgan fingerprint density at radius 1 is 0.857 bits per heavy atom. The molecule has 2 aromatic carbocycles. The molecule has 0 atom stereocenters. The molecule has 1 aliphatic carbocycles. The summed E-state index contributed by atoms with van der Waals surface area (Å²) in [7, 11) is 0. The van der Waals surface area contributed by atoms with E-state index in [4.69, 9.17) is 4.74 Å². The molecule has 0 aromatic heterocycles. The van der Waals surface area contributed by atoms with Crippen molar-refractivity contribution in [2.45, 2.75) is 6.42 Å². The van der Waals surface area contributed by atoms with E-state index in [1.54, 1.807) is 54.6 Å². The van der Waals surface area contributed by atoms with Crippen molar-refractivity contribution in [3.63, 3.8) is 0 Å². The highest BCUT2D eigenvalue weighted by Crippen LogP contribution is 2.29. The third-order valence-corrected chi connectivity index (χ3v) is 3.44. The van der Waals surface area contributed by atoms with Gasteiger partial charge in [-0.15, -0.1) is 0 Å². The molecule has 21 heavy (non-hydrogen) atoms. The third kappa shape index (κ3) is 2.48. The van der Waals surface area contributed by atoms with Gasteiger partial charge in [-0.05, 0) is 12.1 Å². The number of fused-ring (bicyclic) bond motifs is 1. The zero-order valence-corrected chi connectivity index (χ0v) is 11.1. The van der Waals surface area contributed by atoms with E-state index in [0.29, 0.717) is 16.9 Å². The highest BCUT2D eigenvalue weighted by atomic mass is 16.5. The van der Waals surface area contributed by atoms with Crippen molar-refractivity contribution in [1.82, 2.24) is 0 Å². The molecule has 0 amide bonds. The number of carbonyl (C=O) groups is 3. The van der Waals surface area contributed by atoms with E-state index < -0.39 is 11.9 Å². The van der Waals surface area contributed by atoms with Gasteiger partial charge in [0.25, 0.3) is 0 Å². The van der Waals surface area contributed by atoms with E-state index in [9.17, 15) is 14.4 Å². The van der Waals surface area contributed by atoms with E-state index in [1.807, 2.05) is 0 Å². The first kappa shape index (κ1) is 13.2. The van der Waals surface area contributed by atoms with Gasteiger partial charge in [0.1, 0.15) is 5.75 Å². The van der Waals surface area contributed by atoms with Crippen LogP contribution in [0.15, 0.2) is 54.6 Å². The highest BCUT2D eigenvalue weighted by Gasteiger charge is 2.39. The molecule has 3 rings (SSSR count). The first-order valence-corrected chi connectivity index (χ1v) is 6.60. The maximum atomic E-state index is 12.2. The van der Waals surface area contributed by atoms with Crippen LogP contribution in [0.3, 0.4) is 0 Å². The largest absolute Gasteiger partial charge is 0.427 e. The summed E-state index contributed by atoms with van der Waals surface area (Å²) < 4.78 is 5.13. The monoisotopic (exact) mass is 280 g/mol. The Balaban J connectivity index is 1.73. The molecular weight excluding hydrogens is 268 g/mol. The van der Waals surface area contributed by atoms with Gasteiger partial charge in [0.05, 0.1) is 12.3 Å². The molecule has 2 aromatic rings. The van der Waals surface area contributed by atoms with Crippen LogP contribution in [0.1, 0.15) is 27.1 Å². The van der Waals surface area contributed by atoms with Crippen molar-refractivity contribution in [3.8, 4) is 5.75 Å². The fourth-order valence-corrected chi connectivity index (χ4v) is 2.42. The van der Waals surface area contributed by atoms with Crippen molar-refractivity contribution < 1.29 is 19.1 Å². The Kier molecular flexibility index (Phi) is 3.36. The Morgan fingerprint density at radius 3 is 1.95 bits per heavy atom. The number of hydrogen-bond donors (Lipinski definition) is 0. The average molecular weight is 280 g/mol.